The summed E-state index contributed by atoms with van der Waals surface area (Å²) in [5, 5.41) is 0. The lowest BCUT2D eigenvalue weighted by Crippen LogP contribution is -2.14. The topological polar surface area (TPSA) is 83.7 Å². The SMILES string of the molecule is COC(=O)c1ccnc(OCCOC(C)C)c1N. The number of pyridine rings is 1. The molecule has 0 aliphatic heterocycles. The average Bonchev–Trinajstić information content (AvgIpc) is 2.35. The van der Waals surface area contributed by atoms with Gasteiger partial charge in [-0.2, -0.15) is 0 Å². The summed E-state index contributed by atoms with van der Waals surface area (Å²) in [6.07, 6.45) is 1.58. The Hall–Kier alpha value is -1.82. The third kappa shape index (κ3) is 3.89. The van der Waals surface area contributed by atoms with Crippen LogP contribution in [-0.4, -0.2) is 37.4 Å². The summed E-state index contributed by atoms with van der Waals surface area (Å²) in [5.74, 6) is -0.302. The van der Waals surface area contributed by atoms with Crippen molar-refractivity contribution in [3.8, 4) is 5.88 Å². The maximum Gasteiger partial charge on any atom is 0.340 e. The van der Waals surface area contributed by atoms with E-state index in [1.165, 1.54) is 19.4 Å². The fourth-order valence-electron chi connectivity index (χ4n) is 1.28. The van der Waals surface area contributed by atoms with Crippen LogP contribution < -0.4 is 10.5 Å². The normalized spacial score (nSPS) is 10.4. The van der Waals surface area contributed by atoms with Crippen molar-refractivity contribution in [3.63, 3.8) is 0 Å². The van der Waals surface area contributed by atoms with Crippen LogP contribution in [0.2, 0.25) is 0 Å². The van der Waals surface area contributed by atoms with Crippen LogP contribution in [0.15, 0.2) is 12.3 Å². The van der Waals surface area contributed by atoms with Crippen LogP contribution in [0.5, 0.6) is 5.88 Å². The molecule has 100 valence electrons. The van der Waals surface area contributed by atoms with Crippen LogP contribution in [0.4, 0.5) is 5.69 Å². The van der Waals surface area contributed by atoms with Gasteiger partial charge in [0.15, 0.2) is 0 Å². The highest BCUT2D eigenvalue weighted by Gasteiger charge is 2.14. The number of nitrogens with two attached hydrogens (primary N) is 1. The molecule has 18 heavy (non-hydrogen) atoms. The van der Waals surface area contributed by atoms with E-state index in [2.05, 4.69) is 9.72 Å². The molecule has 0 saturated heterocycles. The average molecular weight is 254 g/mol. The number of hydrogen-bond acceptors (Lipinski definition) is 6. The molecule has 1 aromatic rings. The lowest BCUT2D eigenvalue weighted by Gasteiger charge is -2.11. The maximum absolute atomic E-state index is 11.4. The zero-order valence-electron chi connectivity index (χ0n) is 10.8. The van der Waals surface area contributed by atoms with Gasteiger partial charge in [-0.15, -0.1) is 0 Å². The highest BCUT2D eigenvalue weighted by molar-refractivity contribution is 5.95. The van der Waals surface area contributed by atoms with Crippen molar-refractivity contribution in [2.75, 3.05) is 26.1 Å². The molecule has 0 aliphatic rings. The van der Waals surface area contributed by atoms with Crippen LogP contribution in [0, 0.1) is 0 Å². The molecule has 0 bridgehead atoms. The number of ether oxygens (including phenoxy) is 3. The highest BCUT2D eigenvalue weighted by Crippen LogP contribution is 2.22. The minimum atomic E-state index is -0.516. The second-order valence-electron chi connectivity index (χ2n) is 3.84. The predicted molar refractivity (Wildman–Crippen MR) is 66.6 cm³/mol. The van der Waals surface area contributed by atoms with E-state index in [-0.39, 0.29) is 23.2 Å². The second-order valence-corrected chi connectivity index (χ2v) is 3.84. The Morgan fingerprint density at radius 1 is 1.44 bits per heavy atom. The number of nitrogen functional groups attached to an aromatic ring is 1. The molecule has 6 nitrogen and oxygen atoms in total. The molecule has 0 aliphatic carbocycles. The predicted octanol–water partition coefficient (Wildman–Crippen LogP) is 1.25. The Morgan fingerprint density at radius 3 is 2.78 bits per heavy atom. The van der Waals surface area contributed by atoms with Crippen molar-refractivity contribution in [1.82, 2.24) is 4.98 Å². The summed E-state index contributed by atoms with van der Waals surface area (Å²) in [5.41, 5.74) is 6.19. The van der Waals surface area contributed by atoms with E-state index in [0.717, 1.165) is 0 Å². The van der Waals surface area contributed by atoms with Gasteiger partial charge in [-0.3, -0.25) is 0 Å². The third-order valence-corrected chi connectivity index (χ3v) is 2.13. The zero-order chi connectivity index (χ0) is 13.5. The molecule has 1 heterocycles. The summed E-state index contributed by atoms with van der Waals surface area (Å²) in [6.45, 7) is 4.62. The molecule has 1 rings (SSSR count). The molecular formula is C12H18N2O4. The first kappa shape index (κ1) is 14.2. The van der Waals surface area contributed by atoms with Crippen LogP contribution >= 0.6 is 0 Å². The van der Waals surface area contributed by atoms with Crippen LogP contribution in [0.3, 0.4) is 0 Å². The summed E-state index contributed by atoms with van der Waals surface area (Å²) < 4.78 is 15.3. The molecule has 0 radical (unpaired) electrons. The summed E-state index contributed by atoms with van der Waals surface area (Å²) >= 11 is 0. The highest BCUT2D eigenvalue weighted by atomic mass is 16.5. The molecule has 0 spiro atoms. The summed E-state index contributed by atoms with van der Waals surface area (Å²) in [4.78, 5) is 15.4. The number of rotatable bonds is 6. The number of carbonyl (C=O) groups is 1. The van der Waals surface area contributed by atoms with Gasteiger partial charge >= 0.3 is 5.97 Å². The maximum atomic E-state index is 11.4. The smallest absolute Gasteiger partial charge is 0.340 e. The first-order valence-electron chi connectivity index (χ1n) is 5.63. The van der Waals surface area contributed by atoms with Crippen LogP contribution in [0.25, 0.3) is 0 Å². The standard InChI is InChI=1S/C12H18N2O4/c1-8(2)17-6-7-18-11-10(13)9(4-5-14-11)12(15)16-3/h4-5,8H,6-7,13H2,1-3H3. The van der Waals surface area contributed by atoms with Crippen molar-refractivity contribution in [3.05, 3.63) is 17.8 Å². The van der Waals surface area contributed by atoms with Crippen LogP contribution in [-0.2, 0) is 9.47 Å². The molecular weight excluding hydrogens is 236 g/mol. The fraction of sp³-hybridized carbons (Fsp3) is 0.500. The Labute approximate surface area is 106 Å². The van der Waals surface area contributed by atoms with E-state index >= 15 is 0 Å². The van der Waals surface area contributed by atoms with E-state index < -0.39 is 5.97 Å². The van der Waals surface area contributed by atoms with Gasteiger partial charge in [-0.1, -0.05) is 0 Å². The van der Waals surface area contributed by atoms with Gasteiger partial charge in [0.1, 0.15) is 12.3 Å². The fourth-order valence-corrected chi connectivity index (χ4v) is 1.28. The molecule has 0 atom stereocenters. The lowest BCUT2D eigenvalue weighted by atomic mass is 10.2. The van der Waals surface area contributed by atoms with Crippen molar-refractivity contribution < 1.29 is 19.0 Å². The Morgan fingerprint density at radius 2 is 2.17 bits per heavy atom. The second kappa shape index (κ2) is 6.80. The van der Waals surface area contributed by atoms with Crippen LogP contribution in [0.1, 0.15) is 24.2 Å². The van der Waals surface area contributed by atoms with Gasteiger partial charge < -0.3 is 19.9 Å². The van der Waals surface area contributed by atoms with Crippen molar-refractivity contribution >= 4 is 11.7 Å². The largest absolute Gasteiger partial charge is 0.474 e. The first-order chi connectivity index (χ1) is 8.56. The Kier molecular flexibility index (Phi) is 5.38. The van der Waals surface area contributed by atoms with E-state index in [0.29, 0.717) is 13.2 Å². The number of nitrogens with zero attached hydrogens (tertiary/aromatic N) is 1. The summed E-state index contributed by atoms with van der Waals surface area (Å²) in [6, 6.07) is 1.48. The number of anilines is 1. The molecule has 0 aromatic carbocycles. The monoisotopic (exact) mass is 254 g/mol. The number of carbonyl (C=O) groups excluding carboxylic acids is 1. The third-order valence-electron chi connectivity index (χ3n) is 2.13. The van der Waals surface area contributed by atoms with E-state index in [1.54, 1.807) is 0 Å². The zero-order valence-corrected chi connectivity index (χ0v) is 10.8. The Balaban J connectivity index is 2.64. The molecule has 0 saturated carbocycles. The number of methoxy groups -OCH3 is 1. The minimum absolute atomic E-state index is 0.139. The molecule has 0 unspecified atom stereocenters. The first-order valence-corrected chi connectivity index (χ1v) is 5.63. The minimum Gasteiger partial charge on any atom is -0.474 e. The number of hydrogen-bond donors (Lipinski definition) is 1. The van der Waals surface area contributed by atoms with Gasteiger partial charge in [0, 0.05) is 6.20 Å². The van der Waals surface area contributed by atoms with Gasteiger partial charge in [-0.25, -0.2) is 9.78 Å². The van der Waals surface area contributed by atoms with Gasteiger partial charge in [-0.05, 0) is 19.9 Å². The van der Waals surface area contributed by atoms with Crippen molar-refractivity contribution in [2.24, 2.45) is 0 Å². The molecule has 0 fully saturated rings. The Bertz CT molecular complexity index is 407. The quantitative estimate of drug-likeness (QED) is 0.607. The van der Waals surface area contributed by atoms with Crippen molar-refractivity contribution in [1.29, 1.82) is 0 Å². The number of aromatic nitrogens is 1. The molecule has 6 heteroatoms. The molecule has 2 N–H and O–H groups in total. The summed E-state index contributed by atoms with van der Waals surface area (Å²) in [7, 11) is 1.29. The van der Waals surface area contributed by atoms with E-state index in [9.17, 15) is 4.79 Å². The van der Waals surface area contributed by atoms with Gasteiger partial charge in [0.05, 0.1) is 25.4 Å². The van der Waals surface area contributed by atoms with E-state index in [1.807, 2.05) is 13.8 Å². The van der Waals surface area contributed by atoms with Gasteiger partial charge in [0.2, 0.25) is 5.88 Å². The lowest BCUT2D eigenvalue weighted by molar-refractivity contribution is 0.0543. The van der Waals surface area contributed by atoms with Crippen molar-refractivity contribution in [2.45, 2.75) is 20.0 Å². The van der Waals surface area contributed by atoms with Gasteiger partial charge in [0.25, 0.3) is 0 Å². The molecule has 1 aromatic heterocycles. The molecule has 0 amide bonds. The van der Waals surface area contributed by atoms with E-state index in [4.69, 9.17) is 15.2 Å². The number of esters is 1.